The van der Waals surface area contributed by atoms with E-state index in [1.165, 1.54) is 13.1 Å². The first kappa shape index (κ1) is 21.2. The highest BCUT2D eigenvalue weighted by Crippen LogP contribution is 2.18. The number of aryl methyl sites for hydroxylation is 2. The minimum absolute atomic E-state index is 0.106. The lowest BCUT2D eigenvalue weighted by Crippen LogP contribution is -2.24. The number of pyridine rings is 1. The van der Waals surface area contributed by atoms with Crippen LogP contribution in [0.25, 0.3) is 11.0 Å². The molecule has 156 valence electrons. The second-order valence-electron chi connectivity index (χ2n) is 7.44. The molecule has 2 heterocycles. The molecule has 3 rings (SSSR count). The highest BCUT2D eigenvalue weighted by atomic mass is 16.5. The maximum Gasteiger partial charge on any atom is 0.340 e. The Hall–Kier alpha value is -3.55. The van der Waals surface area contributed by atoms with Crippen LogP contribution in [-0.4, -0.2) is 38.5 Å². The summed E-state index contributed by atoms with van der Waals surface area (Å²) >= 11 is 0. The third-order valence-electron chi connectivity index (χ3n) is 4.71. The summed E-state index contributed by atoms with van der Waals surface area (Å²) in [6.45, 7) is 6.95. The molecule has 30 heavy (non-hydrogen) atoms. The summed E-state index contributed by atoms with van der Waals surface area (Å²) in [5, 5.41) is 7.79. The molecule has 0 saturated carbocycles. The van der Waals surface area contributed by atoms with Gasteiger partial charge in [0.2, 0.25) is 11.7 Å². The summed E-state index contributed by atoms with van der Waals surface area (Å²) < 4.78 is 6.99. The van der Waals surface area contributed by atoms with Gasteiger partial charge in [0.25, 0.3) is 0 Å². The monoisotopic (exact) mass is 408 g/mol. The molecule has 0 aliphatic carbocycles. The van der Waals surface area contributed by atoms with Crippen molar-refractivity contribution in [1.82, 2.24) is 14.8 Å². The fourth-order valence-corrected chi connectivity index (χ4v) is 2.94. The molecule has 0 radical (unpaired) electrons. The van der Waals surface area contributed by atoms with Crippen molar-refractivity contribution in [2.24, 2.45) is 13.0 Å². The van der Waals surface area contributed by atoms with E-state index in [2.05, 4.69) is 15.4 Å². The number of rotatable bonds is 6. The number of ketones is 1. The van der Waals surface area contributed by atoms with Crippen molar-refractivity contribution >= 4 is 34.4 Å². The van der Waals surface area contributed by atoms with E-state index in [-0.39, 0.29) is 23.2 Å². The number of carbonyl (C=O) groups excluding carboxylic acids is 3. The molecule has 8 nitrogen and oxygen atoms in total. The molecular formula is C22H24N4O4. The molecule has 0 aliphatic rings. The summed E-state index contributed by atoms with van der Waals surface area (Å²) in [6.07, 6.45) is 0.439. The molecule has 0 saturated heterocycles. The minimum atomic E-state index is -0.973. The first-order valence-electron chi connectivity index (χ1n) is 9.63. The number of fused-ring (bicyclic) bond motifs is 1. The Labute approximate surface area is 174 Å². The Kier molecular flexibility index (Phi) is 5.96. The van der Waals surface area contributed by atoms with Crippen molar-refractivity contribution in [2.75, 3.05) is 5.32 Å². The number of esters is 1. The van der Waals surface area contributed by atoms with Crippen LogP contribution in [0.5, 0.6) is 0 Å². The number of anilines is 1. The van der Waals surface area contributed by atoms with E-state index in [1.54, 1.807) is 55.9 Å². The van der Waals surface area contributed by atoms with Crippen LogP contribution in [0, 0.1) is 12.8 Å². The molecule has 1 atom stereocenters. The van der Waals surface area contributed by atoms with Gasteiger partial charge in [0.05, 0.1) is 11.3 Å². The van der Waals surface area contributed by atoms with Crippen LogP contribution in [0.15, 0.2) is 36.5 Å². The maximum atomic E-state index is 12.6. The molecule has 1 aromatic carbocycles. The van der Waals surface area contributed by atoms with Gasteiger partial charge in [0.1, 0.15) is 0 Å². The fourth-order valence-electron chi connectivity index (χ4n) is 2.94. The Balaban J connectivity index is 1.68. The van der Waals surface area contributed by atoms with E-state index >= 15 is 0 Å². The molecular weight excluding hydrogens is 384 g/mol. The van der Waals surface area contributed by atoms with Crippen LogP contribution in [-0.2, 0) is 16.6 Å². The van der Waals surface area contributed by atoms with Gasteiger partial charge in [-0.2, -0.15) is 5.10 Å². The number of nitrogens with one attached hydrogen (secondary N) is 1. The van der Waals surface area contributed by atoms with Gasteiger partial charge in [-0.05, 0) is 44.2 Å². The highest BCUT2D eigenvalue weighted by molar-refractivity contribution is 6.02. The van der Waals surface area contributed by atoms with E-state index in [9.17, 15) is 14.4 Å². The van der Waals surface area contributed by atoms with Gasteiger partial charge in [0.15, 0.2) is 11.8 Å². The number of nitrogens with zero attached hydrogens (tertiary/aromatic N) is 3. The molecule has 1 N–H and O–H groups in total. The first-order chi connectivity index (χ1) is 14.2. The SMILES string of the molecule is Cc1nn(C)c2ncc(C(=O)OC(C)C(=O)c3ccc(NC(=O)C(C)C)cc3)cc12. The van der Waals surface area contributed by atoms with Crippen LogP contribution in [0.1, 0.15) is 47.2 Å². The molecule has 0 spiro atoms. The molecule has 0 aliphatic heterocycles. The van der Waals surface area contributed by atoms with Crippen molar-refractivity contribution < 1.29 is 19.1 Å². The molecule has 1 amide bonds. The van der Waals surface area contributed by atoms with Gasteiger partial charge >= 0.3 is 5.97 Å². The van der Waals surface area contributed by atoms with Crippen molar-refractivity contribution in [3.8, 4) is 0 Å². The number of carbonyl (C=O) groups is 3. The second-order valence-corrected chi connectivity index (χ2v) is 7.44. The van der Waals surface area contributed by atoms with Crippen molar-refractivity contribution in [2.45, 2.75) is 33.8 Å². The first-order valence-corrected chi connectivity index (χ1v) is 9.63. The van der Waals surface area contributed by atoms with E-state index in [4.69, 9.17) is 4.74 Å². The summed E-state index contributed by atoms with van der Waals surface area (Å²) in [4.78, 5) is 41.1. The molecule has 0 fully saturated rings. The van der Waals surface area contributed by atoms with Gasteiger partial charge in [0, 0.05) is 35.8 Å². The lowest BCUT2D eigenvalue weighted by molar-refractivity contribution is -0.118. The van der Waals surface area contributed by atoms with Gasteiger partial charge in [-0.1, -0.05) is 13.8 Å². The van der Waals surface area contributed by atoms with Crippen LogP contribution in [0.4, 0.5) is 5.69 Å². The summed E-state index contributed by atoms with van der Waals surface area (Å²) in [6, 6.07) is 8.14. The number of amides is 1. The summed E-state index contributed by atoms with van der Waals surface area (Å²) in [5.74, 6) is -1.22. The standard InChI is InChI=1S/C22H24N4O4/c1-12(2)21(28)24-17-8-6-15(7-9-17)19(27)14(4)30-22(29)16-10-18-13(3)25-26(5)20(18)23-11-16/h6-12,14H,1-5H3,(H,24,28). The van der Waals surface area contributed by atoms with Gasteiger partial charge < -0.3 is 10.1 Å². The van der Waals surface area contributed by atoms with E-state index in [0.717, 1.165) is 11.1 Å². The van der Waals surface area contributed by atoms with E-state index in [1.807, 2.05) is 6.92 Å². The molecule has 1 unspecified atom stereocenters. The molecule has 3 aromatic rings. The Morgan fingerprint density at radius 3 is 2.37 bits per heavy atom. The minimum Gasteiger partial charge on any atom is -0.451 e. The summed E-state index contributed by atoms with van der Waals surface area (Å²) in [7, 11) is 1.78. The second kappa shape index (κ2) is 8.44. The lowest BCUT2D eigenvalue weighted by atomic mass is 10.1. The molecule has 2 aromatic heterocycles. The number of ether oxygens (including phenoxy) is 1. The quantitative estimate of drug-likeness (QED) is 0.496. The number of benzene rings is 1. The van der Waals surface area contributed by atoms with Crippen molar-refractivity contribution in [3.05, 3.63) is 53.3 Å². The predicted molar refractivity (Wildman–Crippen MR) is 112 cm³/mol. The largest absolute Gasteiger partial charge is 0.451 e. The number of hydrogen-bond acceptors (Lipinski definition) is 6. The van der Waals surface area contributed by atoms with E-state index < -0.39 is 12.1 Å². The zero-order chi connectivity index (χ0) is 22.0. The maximum absolute atomic E-state index is 12.6. The topological polar surface area (TPSA) is 103 Å². The summed E-state index contributed by atoms with van der Waals surface area (Å²) in [5.41, 5.74) is 2.65. The third kappa shape index (κ3) is 4.37. The molecule has 8 heteroatoms. The smallest absolute Gasteiger partial charge is 0.340 e. The Morgan fingerprint density at radius 2 is 1.73 bits per heavy atom. The third-order valence-corrected chi connectivity index (χ3v) is 4.71. The van der Waals surface area contributed by atoms with Gasteiger partial charge in [-0.15, -0.1) is 0 Å². The number of aromatic nitrogens is 3. The van der Waals surface area contributed by atoms with Crippen LogP contribution >= 0.6 is 0 Å². The van der Waals surface area contributed by atoms with Crippen LogP contribution < -0.4 is 5.32 Å². The number of hydrogen-bond donors (Lipinski definition) is 1. The average molecular weight is 408 g/mol. The van der Waals surface area contributed by atoms with E-state index in [0.29, 0.717) is 16.9 Å². The molecule has 0 bridgehead atoms. The van der Waals surface area contributed by atoms with Gasteiger partial charge in [-0.3, -0.25) is 14.3 Å². The number of Topliss-reactive ketones (excluding diaryl/α,β-unsaturated/α-hetero) is 1. The normalized spacial score (nSPS) is 12.1. The zero-order valence-electron chi connectivity index (χ0n) is 17.6. The van der Waals surface area contributed by atoms with Crippen molar-refractivity contribution in [1.29, 1.82) is 0 Å². The highest BCUT2D eigenvalue weighted by Gasteiger charge is 2.21. The van der Waals surface area contributed by atoms with Crippen LogP contribution in [0.3, 0.4) is 0 Å². The predicted octanol–water partition coefficient (Wildman–Crippen LogP) is 3.30. The van der Waals surface area contributed by atoms with Crippen molar-refractivity contribution in [3.63, 3.8) is 0 Å². The Morgan fingerprint density at radius 1 is 1.07 bits per heavy atom. The van der Waals surface area contributed by atoms with Crippen LogP contribution in [0.2, 0.25) is 0 Å². The van der Waals surface area contributed by atoms with Gasteiger partial charge in [-0.25, -0.2) is 9.78 Å². The zero-order valence-corrected chi connectivity index (χ0v) is 17.6. The lowest BCUT2D eigenvalue weighted by Gasteiger charge is -2.13. The average Bonchev–Trinajstić information content (AvgIpc) is 3.01. The Bertz CT molecular complexity index is 1120. The fraction of sp³-hybridized carbons (Fsp3) is 0.318.